The number of hydrogen-bond acceptors (Lipinski definition) is 0. The van der Waals surface area contributed by atoms with Crippen molar-refractivity contribution in [3.05, 3.63) is 35.4 Å². The van der Waals surface area contributed by atoms with E-state index in [0.29, 0.717) is 12.0 Å². The largest absolute Gasteiger partial charge is 0.204 e. The van der Waals surface area contributed by atoms with Gasteiger partial charge < -0.3 is 0 Å². The maximum absolute atomic E-state index is 13.6. The molecule has 3 heteroatoms. The molecule has 1 aromatic carbocycles. The number of rotatable bonds is 2. The molecule has 1 fully saturated rings. The molecule has 2 atom stereocenters. The minimum atomic E-state index is -0.762. The lowest BCUT2D eigenvalue weighted by atomic mass is 9.92. The van der Waals surface area contributed by atoms with Crippen molar-refractivity contribution in [2.24, 2.45) is 5.92 Å². The lowest BCUT2D eigenvalue weighted by Crippen LogP contribution is -2.17. The van der Waals surface area contributed by atoms with Crippen LogP contribution < -0.4 is 0 Å². The topological polar surface area (TPSA) is 0 Å². The Morgan fingerprint density at radius 2 is 1.88 bits per heavy atom. The van der Waals surface area contributed by atoms with Gasteiger partial charge in [-0.15, -0.1) is 11.6 Å². The van der Waals surface area contributed by atoms with Gasteiger partial charge in [0, 0.05) is 5.38 Å². The van der Waals surface area contributed by atoms with Gasteiger partial charge in [0.2, 0.25) is 0 Å². The van der Waals surface area contributed by atoms with Crippen molar-refractivity contribution in [3.8, 4) is 0 Å². The summed E-state index contributed by atoms with van der Waals surface area (Å²) in [5.74, 6) is -1.20. The summed E-state index contributed by atoms with van der Waals surface area (Å²) in [6.45, 7) is 0. The molecule has 17 heavy (non-hydrogen) atoms. The third-order valence-electron chi connectivity index (χ3n) is 3.58. The smallest absolute Gasteiger partial charge is 0.162 e. The zero-order valence-corrected chi connectivity index (χ0v) is 10.5. The fourth-order valence-electron chi connectivity index (χ4n) is 2.56. The average molecular weight is 259 g/mol. The standard InChI is InChI=1S/C14H17ClF2/c15-12-7-3-1-2-5-10(12)9-11-6-4-8-13(16)14(11)17/h4,6,8,10,12H,1-3,5,7,9H2. The molecule has 0 N–H and O–H groups in total. The van der Waals surface area contributed by atoms with Crippen LogP contribution in [0.3, 0.4) is 0 Å². The Morgan fingerprint density at radius 3 is 2.71 bits per heavy atom. The van der Waals surface area contributed by atoms with Gasteiger partial charge in [0.1, 0.15) is 0 Å². The predicted molar refractivity (Wildman–Crippen MR) is 66.3 cm³/mol. The second-order valence-corrected chi connectivity index (χ2v) is 5.39. The molecule has 1 aromatic rings. The van der Waals surface area contributed by atoms with Crippen LogP contribution in [0, 0.1) is 17.6 Å². The van der Waals surface area contributed by atoms with E-state index in [2.05, 4.69) is 0 Å². The van der Waals surface area contributed by atoms with Crippen molar-refractivity contribution >= 4 is 11.6 Å². The highest BCUT2D eigenvalue weighted by atomic mass is 35.5. The Morgan fingerprint density at radius 1 is 1.12 bits per heavy atom. The fraction of sp³-hybridized carbons (Fsp3) is 0.571. The SMILES string of the molecule is Fc1cccc(CC2CCCCCC2Cl)c1F. The molecule has 0 aromatic heterocycles. The maximum atomic E-state index is 13.6. The fourth-order valence-corrected chi connectivity index (χ4v) is 2.93. The summed E-state index contributed by atoms with van der Waals surface area (Å²) in [5, 5.41) is 0.0974. The molecule has 1 aliphatic rings. The third-order valence-corrected chi connectivity index (χ3v) is 4.15. The van der Waals surface area contributed by atoms with Crippen LogP contribution in [0.5, 0.6) is 0 Å². The normalized spacial score (nSPS) is 25.6. The minimum Gasteiger partial charge on any atom is -0.204 e. The van der Waals surface area contributed by atoms with Crippen molar-refractivity contribution in [1.82, 2.24) is 0 Å². The molecule has 2 unspecified atom stereocenters. The third kappa shape index (κ3) is 3.19. The Hall–Kier alpha value is -0.630. The highest BCUT2D eigenvalue weighted by Crippen LogP contribution is 2.31. The number of halogens is 3. The van der Waals surface area contributed by atoms with Gasteiger partial charge in [-0.25, -0.2) is 8.78 Å². The Kier molecular flexibility index (Phi) is 4.38. The summed E-state index contributed by atoms with van der Waals surface area (Å²) in [6, 6.07) is 4.38. The molecule has 1 saturated carbocycles. The first-order valence-electron chi connectivity index (χ1n) is 6.25. The van der Waals surface area contributed by atoms with Crippen LogP contribution in [-0.2, 0) is 6.42 Å². The molecule has 0 amide bonds. The summed E-state index contributed by atoms with van der Waals surface area (Å²) in [6.07, 6.45) is 6.05. The first-order valence-corrected chi connectivity index (χ1v) is 6.69. The molecular weight excluding hydrogens is 242 g/mol. The van der Waals surface area contributed by atoms with Gasteiger partial charge in [-0.1, -0.05) is 31.4 Å². The summed E-state index contributed by atoms with van der Waals surface area (Å²) in [5.41, 5.74) is 0.461. The highest BCUT2D eigenvalue weighted by molar-refractivity contribution is 6.20. The van der Waals surface area contributed by atoms with Crippen LogP contribution in [0.15, 0.2) is 18.2 Å². The summed E-state index contributed by atoms with van der Waals surface area (Å²) < 4.78 is 26.7. The van der Waals surface area contributed by atoms with E-state index < -0.39 is 11.6 Å². The van der Waals surface area contributed by atoms with Crippen LogP contribution in [0.25, 0.3) is 0 Å². The monoisotopic (exact) mass is 258 g/mol. The summed E-state index contributed by atoms with van der Waals surface area (Å²) in [4.78, 5) is 0. The number of alkyl halides is 1. The lowest BCUT2D eigenvalue weighted by Gasteiger charge is -2.19. The Bertz CT molecular complexity index is 378. The van der Waals surface area contributed by atoms with Gasteiger partial charge in [-0.05, 0) is 36.8 Å². The van der Waals surface area contributed by atoms with Gasteiger partial charge in [0.05, 0.1) is 0 Å². The second kappa shape index (κ2) is 5.81. The van der Waals surface area contributed by atoms with E-state index in [0.717, 1.165) is 31.7 Å². The maximum Gasteiger partial charge on any atom is 0.162 e. The summed E-state index contributed by atoms with van der Waals surface area (Å²) in [7, 11) is 0. The van der Waals surface area contributed by atoms with Gasteiger partial charge in [-0.3, -0.25) is 0 Å². The zero-order chi connectivity index (χ0) is 12.3. The Balaban J connectivity index is 2.10. The Labute approximate surface area is 106 Å². The van der Waals surface area contributed by atoms with E-state index >= 15 is 0 Å². The molecule has 0 nitrogen and oxygen atoms in total. The molecule has 0 heterocycles. The highest BCUT2D eigenvalue weighted by Gasteiger charge is 2.23. The first kappa shape index (κ1) is 12.8. The van der Waals surface area contributed by atoms with E-state index in [1.165, 1.54) is 6.42 Å². The van der Waals surface area contributed by atoms with Gasteiger partial charge >= 0.3 is 0 Å². The van der Waals surface area contributed by atoms with Gasteiger partial charge in [0.25, 0.3) is 0 Å². The van der Waals surface area contributed by atoms with Crippen molar-refractivity contribution < 1.29 is 8.78 Å². The van der Waals surface area contributed by atoms with Crippen molar-refractivity contribution in [2.45, 2.75) is 43.9 Å². The minimum absolute atomic E-state index is 0.0974. The van der Waals surface area contributed by atoms with Crippen molar-refractivity contribution in [3.63, 3.8) is 0 Å². The molecule has 0 spiro atoms. The quantitative estimate of drug-likeness (QED) is 0.533. The molecule has 2 rings (SSSR count). The average Bonchev–Trinajstić information content (AvgIpc) is 2.51. The van der Waals surface area contributed by atoms with Crippen LogP contribution in [-0.4, -0.2) is 5.38 Å². The first-order chi connectivity index (χ1) is 8.18. The van der Waals surface area contributed by atoms with Crippen LogP contribution in [0.2, 0.25) is 0 Å². The molecule has 0 aliphatic heterocycles. The lowest BCUT2D eigenvalue weighted by molar-refractivity contribution is 0.441. The van der Waals surface area contributed by atoms with Crippen molar-refractivity contribution in [2.75, 3.05) is 0 Å². The van der Waals surface area contributed by atoms with Gasteiger partial charge in [-0.2, -0.15) is 0 Å². The van der Waals surface area contributed by atoms with E-state index in [1.807, 2.05) is 0 Å². The van der Waals surface area contributed by atoms with Crippen molar-refractivity contribution in [1.29, 1.82) is 0 Å². The van der Waals surface area contributed by atoms with E-state index in [9.17, 15) is 8.78 Å². The second-order valence-electron chi connectivity index (χ2n) is 4.83. The molecule has 0 radical (unpaired) electrons. The van der Waals surface area contributed by atoms with Gasteiger partial charge in [0.15, 0.2) is 11.6 Å². The zero-order valence-electron chi connectivity index (χ0n) is 9.76. The van der Waals surface area contributed by atoms with E-state index in [4.69, 9.17) is 11.6 Å². The molecule has 0 bridgehead atoms. The predicted octanol–water partition coefficient (Wildman–Crippen LogP) is 4.70. The number of hydrogen-bond donors (Lipinski definition) is 0. The number of benzene rings is 1. The molecule has 0 saturated heterocycles. The van der Waals surface area contributed by atoms with E-state index in [1.54, 1.807) is 12.1 Å². The summed E-state index contributed by atoms with van der Waals surface area (Å²) >= 11 is 6.31. The van der Waals surface area contributed by atoms with Crippen LogP contribution >= 0.6 is 11.6 Å². The van der Waals surface area contributed by atoms with Crippen LogP contribution in [0.4, 0.5) is 8.78 Å². The van der Waals surface area contributed by atoms with E-state index in [-0.39, 0.29) is 11.3 Å². The molecular formula is C14H17ClF2. The van der Waals surface area contributed by atoms with Crippen LogP contribution in [0.1, 0.15) is 37.7 Å². The molecule has 1 aliphatic carbocycles. The molecule has 94 valence electrons.